The molecule has 0 saturated heterocycles. The number of anilines is 1. The highest BCUT2D eigenvalue weighted by Gasteiger charge is 2.16. The monoisotopic (exact) mass is 322 g/mol. The van der Waals surface area contributed by atoms with E-state index in [1.54, 1.807) is 19.1 Å². The highest BCUT2D eigenvalue weighted by molar-refractivity contribution is 6.41. The third kappa shape index (κ3) is 5.09. The second-order valence-corrected chi connectivity index (χ2v) is 6.00. The zero-order valence-corrected chi connectivity index (χ0v) is 13.3. The van der Waals surface area contributed by atoms with Crippen LogP contribution >= 0.6 is 34.8 Å². The van der Waals surface area contributed by atoms with Crippen molar-refractivity contribution in [2.24, 2.45) is 5.92 Å². The average Bonchev–Trinajstić information content (AvgIpc) is 2.30. The van der Waals surface area contributed by atoms with Crippen LogP contribution in [-0.4, -0.2) is 18.5 Å². The maximum Gasteiger partial charge on any atom is 0.242 e. The van der Waals surface area contributed by atoms with Gasteiger partial charge in [-0.3, -0.25) is 4.79 Å². The van der Waals surface area contributed by atoms with E-state index in [0.29, 0.717) is 33.2 Å². The molecule has 3 nitrogen and oxygen atoms in total. The summed E-state index contributed by atoms with van der Waals surface area (Å²) in [6, 6.07) is 2.72. The van der Waals surface area contributed by atoms with E-state index in [1.807, 2.05) is 13.8 Å². The predicted octanol–water partition coefficient (Wildman–Crippen LogP) is 4.22. The van der Waals surface area contributed by atoms with Gasteiger partial charge in [0.1, 0.15) is 6.04 Å². The lowest BCUT2D eigenvalue weighted by Crippen LogP contribution is -2.39. The largest absolute Gasteiger partial charge is 0.371 e. The number of halogens is 3. The fourth-order valence-electron chi connectivity index (χ4n) is 1.42. The predicted molar refractivity (Wildman–Crippen MR) is 82.4 cm³/mol. The van der Waals surface area contributed by atoms with Crippen LogP contribution in [0.4, 0.5) is 5.69 Å². The van der Waals surface area contributed by atoms with Crippen molar-refractivity contribution in [1.29, 1.82) is 0 Å². The summed E-state index contributed by atoms with van der Waals surface area (Å²) in [7, 11) is 0. The van der Waals surface area contributed by atoms with E-state index in [2.05, 4.69) is 10.6 Å². The van der Waals surface area contributed by atoms with Crippen LogP contribution in [-0.2, 0) is 4.79 Å². The molecule has 2 N–H and O–H groups in total. The number of carbonyl (C=O) groups excluding carboxylic acids is 1. The first-order valence-corrected chi connectivity index (χ1v) is 7.13. The third-order valence-corrected chi connectivity index (χ3v) is 3.26. The second-order valence-electron chi connectivity index (χ2n) is 4.75. The molecular weight excluding hydrogens is 307 g/mol. The Morgan fingerprint density at radius 3 is 2.16 bits per heavy atom. The molecule has 0 aliphatic rings. The van der Waals surface area contributed by atoms with E-state index in [0.717, 1.165) is 0 Å². The number of hydrogen-bond acceptors (Lipinski definition) is 2. The van der Waals surface area contributed by atoms with Crippen LogP contribution in [0, 0.1) is 5.92 Å². The molecule has 1 amide bonds. The zero-order chi connectivity index (χ0) is 14.6. The van der Waals surface area contributed by atoms with Gasteiger partial charge in [0.2, 0.25) is 5.91 Å². The first-order chi connectivity index (χ1) is 8.81. The molecule has 1 unspecified atom stereocenters. The summed E-state index contributed by atoms with van der Waals surface area (Å²) >= 11 is 17.9. The Morgan fingerprint density at radius 1 is 1.16 bits per heavy atom. The van der Waals surface area contributed by atoms with Gasteiger partial charge in [-0.1, -0.05) is 48.7 Å². The van der Waals surface area contributed by atoms with Crippen LogP contribution in [0.25, 0.3) is 0 Å². The van der Waals surface area contributed by atoms with Crippen molar-refractivity contribution in [1.82, 2.24) is 5.32 Å². The molecule has 0 heterocycles. The normalized spacial score (nSPS) is 12.4. The van der Waals surface area contributed by atoms with Crippen molar-refractivity contribution >= 4 is 46.4 Å². The van der Waals surface area contributed by atoms with E-state index >= 15 is 0 Å². The van der Waals surface area contributed by atoms with Gasteiger partial charge in [-0.05, 0) is 25.0 Å². The summed E-state index contributed by atoms with van der Waals surface area (Å²) in [5.74, 6) is 0.301. The van der Waals surface area contributed by atoms with Crippen molar-refractivity contribution in [3.8, 4) is 0 Å². The van der Waals surface area contributed by atoms with E-state index in [-0.39, 0.29) is 5.91 Å². The van der Waals surface area contributed by atoms with Crippen molar-refractivity contribution < 1.29 is 4.79 Å². The quantitative estimate of drug-likeness (QED) is 0.852. The van der Waals surface area contributed by atoms with Crippen LogP contribution in [0.2, 0.25) is 15.1 Å². The molecule has 0 aliphatic heterocycles. The van der Waals surface area contributed by atoms with E-state index < -0.39 is 6.04 Å². The van der Waals surface area contributed by atoms with E-state index in [9.17, 15) is 4.79 Å². The van der Waals surface area contributed by atoms with Gasteiger partial charge in [0.15, 0.2) is 0 Å². The zero-order valence-electron chi connectivity index (χ0n) is 11.1. The van der Waals surface area contributed by atoms with Crippen LogP contribution in [0.15, 0.2) is 12.1 Å². The summed E-state index contributed by atoms with van der Waals surface area (Å²) in [4.78, 5) is 11.9. The Hall–Kier alpha value is -0.640. The maximum absolute atomic E-state index is 11.9. The van der Waals surface area contributed by atoms with Gasteiger partial charge >= 0.3 is 0 Å². The van der Waals surface area contributed by atoms with Crippen molar-refractivity contribution in [2.45, 2.75) is 26.8 Å². The fourth-order valence-corrected chi connectivity index (χ4v) is 2.35. The third-order valence-electron chi connectivity index (χ3n) is 2.45. The minimum absolute atomic E-state index is 0.101. The van der Waals surface area contributed by atoms with Crippen LogP contribution in [0.5, 0.6) is 0 Å². The Morgan fingerprint density at radius 2 is 1.68 bits per heavy atom. The van der Waals surface area contributed by atoms with Gasteiger partial charge in [0, 0.05) is 11.6 Å². The molecule has 0 aromatic heterocycles. The first kappa shape index (κ1) is 16.4. The molecule has 1 aromatic carbocycles. The summed E-state index contributed by atoms with van der Waals surface area (Å²) in [6.45, 7) is 6.44. The molecule has 0 fully saturated rings. The molecule has 0 aliphatic carbocycles. The summed E-state index contributed by atoms with van der Waals surface area (Å²) in [6.07, 6.45) is 0. The average molecular weight is 324 g/mol. The molecule has 6 heteroatoms. The molecule has 19 heavy (non-hydrogen) atoms. The van der Waals surface area contributed by atoms with Crippen LogP contribution in [0.1, 0.15) is 20.8 Å². The molecule has 0 bridgehead atoms. The summed E-state index contributed by atoms with van der Waals surface area (Å²) in [5, 5.41) is 7.07. The van der Waals surface area contributed by atoms with Gasteiger partial charge in [0.25, 0.3) is 0 Å². The highest BCUT2D eigenvalue weighted by Crippen LogP contribution is 2.34. The van der Waals surface area contributed by atoms with Gasteiger partial charge in [-0.25, -0.2) is 0 Å². The van der Waals surface area contributed by atoms with Gasteiger partial charge < -0.3 is 10.6 Å². The number of benzene rings is 1. The second kappa shape index (κ2) is 7.22. The minimum atomic E-state index is -0.435. The van der Waals surface area contributed by atoms with E-state index in [4.69, 9.17) is 34.8 Å². The van der Waals surface area contributed by atoms with Gasteiger partial charge in [0.05, 0.1) is 15.7 Å². The first-order valence-electron chi connectivity index (χ1n) is 6.00. The Kier molecular flexibility index (Phi) is 6.24. The topological polar surface area (TPSA) is 41.1 Å². The number of rotatable bonds is 5. The Balaban J connectivity index is 2.71. The lowest BCUT2D eigenvalue weighted by molar-refractivity contribution is -0.121. The Bertz CT molecular complexity index is 440. The van der Waals surface area contributed by atoms with Crippen molar-refractivity contribution in [3.05, 3.63) is 27.2 Å². The van der Waals surface area contributed by atoms with E-state index in [1.165, 1.54) is 0 Å². The molecule has 1 rings (SSSR count). The number of amides is 1. The molecule has 106 valence electrons. The smallest absolute Gasteiger partial charge is 0.242 e. The molecule has 1 aromatic rings. The lowest BCUT2D eigenvalue weighted by atomic mass is 10.2. The highest BCUT2D eigenvalue weighted by atomic mass is 35.5. The number of hydrogen-bond donors (Lipinski definition) is 2. The molecule has 0 saturated carbocycles. The SMILES string of the molecule is CC(C)CNC(=O)C(C)Nc1c(Cl)cc(Cl)cc1Cl. The van der Waals surface area contributed by atoms with Gasteiger partial charge in [-0.2, -0.15) is 0 Å². The van der Waals surface area contributed by atoms with Gasteiger partial charge in [-0.15, -0.1) is 0 Å². The van der Waals surface area contributed by atoms with Crippen molar-refractivity contribution in [2.75, 3.05) is 11.9 Å². The number of nitrogens with one attached hydrogen (secondary N) is 2. The van der Waals surface area contributed by atoms with Crippen molar-refractivity contribution in [3.63, 3.8) is 0 Å². The fraction of sp³-hybridized carbons (Fsp3) is 0.462. The molecule has 0 spiro atoms. The summed E-state index contributed by atoms with van der Waals surface area (Å²) in [5.41, 5.74) is 0.514. The van der Waals surface area contributed by atoms with Crippen LogP contribution < -0.4 is 10.6 Å². The maximum atomic E-state index is 11.9. The minimum Gasteiger partial charge on any atom is -0.371 e. The standard InChI is InChI=1S/C13H17Cl3N2O/c1-7(2)6-17-13(19)8(3)18-12-10(15)4-9(14)5-11(12)16/h4-5,7-8,18H,6H2,1-3H3,(H,17,19). The molecular formula is C13H17Cl3N2O. The number of carbonyl (C=O) groups is 1. The summed E-state index contributed by atoms with van der Waals surface area (Å²) < 4.78 is 0. The molecule has 1 atom stereocenters. The lowest BCUT2D eigenvalue weighted by Gasteiger charge is -2.18. The molecule has 0 radical (unpaired) electrons. The van der Waals surface area contributed by atoms with Crippen LogP contribution in [0.3, 0.4) is 0 Å². The Labute approximate surface area is 128 Å².